The monoisotopic (exact) mass is 193 g/mol. The zero-order valence-electron chi connectivity index (χ0n) is 10.1. The molecule has 0 radical (unpaired) electrons. The Hall–Kier alpha value is -1.24. The number of nitrogens with one attached hydrogen (secondary N) is 1. The molecule has 14 heavy (non-hydrogen) atoms. The molecule has 1 N–H and O–H groups in total. The second-order valence-electron chi connectivity index (χ2n) is 2.29. The van der Waals surface area contributed by atoms with Crippen LogP contribution in [0, 0.1) is 0 Å². The predicted molar refractivity (Wildman–Crippen MR) is 68.3 cm³/mol. The lowest BCUT2D eigenvalue weighted by atomic mass is 10.1. The van der Waals surface area contributed by atoms with Gasteiger partial charge >= 0.3 is 0 Å². The molecule has 1 aromatic heterocycles. The Labute approximate surface area is 88.6 Å². The van der Waals surface area contributed by atoms with E-state index in [-0.39, 0.29) is 0 Å². The SMILES string of the molecule is C=Cc1cc[nH]c1C(=C)C.CC.CC. The van der Waals surface area contributed by atoms with Gasteiger partial charge in [-0.1, -0.05) is 46.9 Å². The summed E-state index contributed by atoms with van der Waals surface area (Å²) in [5, 5.41) is 0. The minimum absolute atomic E-state index is 1.04. The molecular formula is C13H23N. The van der Waals surface area contributed by atoms with Crippen LogP contribution in [0.4, 0.5) is 0 Å². The molecule has 1 nitrogen and oxygen atoms in total. The van der Waals surface area contributed by atoms with Crippen LogP contribution in [-0.4, -0.2) is 4.98 Å². The van der Waals surface area contributed by atoms with E-state index >= 15 is 0 Å². The van der Waals surface area contributed by atoms with Crippen molar-refractivity contribution in [1.82, 2.24) is 4.98 Å². The highest BCUT2D eigenvalue weighted by atomic mass is 14.7. The van der Waals surface area contributed by atoms with Gasteiger partial charge in [-0.05, 0) is 24.1 Å². The standard InChI is InChI=1S/C9H11N.2C2H6/c1-4-8-5-6-10-9(8)7(2)3;2*1-2/h4-6,10H,1-2H2,3H3;2*1-2H3. The summed E-state index contributed by atoms with van der Waals surface area (Å²) in [5.41, 5.74) is 3.24. The molecule has 1 heteroatoms. The minimum atomic E-state index is 1.04. The van der Waals surface area contributed by atoms with Crippen molar-refractivity contribution in [3.63, 3.8) is 0 Å². The summed E-state index contributed by atoms with van der Waals surface area (Å²) >= 11 is 0. The Bertz CT molecular complexity index is 256. The molecule has 1 rings (SSSR count). The Morgan fingerprint density at radius 1 is 1.29 bits per heavy atom. The first-order chi connectivity index (χ1) is 6.75. The number of hydrogen-bond acceptors (Lipinski definition) is 0. The first kappa shape index (κ1) is 15.2. The van der Waals surface area contributed by atoms with Crippen molar-refractivity contribution in [2.24, 2.45) is 0 Å². The van der Waals surface area contributed by atoms with E-state index in [1.54, 1.807) is 0 Å². The molecule has 0 amide bonds. The van der Waals surface area contributed by atoms with Crippen LogP contribution in [0.3, 0.4) is 0 Å². The molecule has 80 valence electrons. The Morgan fingerprint density at radius 3 is 2.07 bits per heavy atom. The van der Waals surface area contributed by atoms with Crippen LogP contribution in [0.25, 0.3) is 11.6 Å². The van der Waals surface area contributed by atoms with E-state index in [0.717, 1.165) is 16.8 Å². The second-order valence-corrected chi connectivity index (χ2v) is 2.29. The Balaban J connectivity index is 0. The van der Waals surface area contributed by atoms with Gasteiger partial charge in [0.1, 0.15) is 0 Å². The van der Waals surface area contributed by atoms with Crippen LogP contribution in [0.5, 0.6) is 0 Å². The summed E-state index contributed by atoms with van der Waals surface area (Å²) < 4.78 is 0. The molecule has 0 saturated carbocycles. The lowest BCUT2D eigenvalue weighted by molar-refractivity contribution is 1.34. The van der Waals surface area contributed by atoms with E-state index in [2.05, 4.69) is 18.1 Å². The normalized spacial score (nSPS) is 7.50. The van der Waals surface area contributed by atoms with Gasteiger partial charge in [0.25, 0.3) is 0 Å². The number of aromatic nitrogens is 1. The van der Waals surface area contributed by atoms with E-state index in [0.29, 0.717) is 0 Å². The first-order valence-electron chi connectivity index (χ1n) is 5.21. The van der Waals surface area contributed by atoms with Crippen molar-refractivity contribution in [2.45, 2.75) is 34.6 Å². The van der Waals surface area contributed by atoms with E-state index in [1.165, 1.54) is 0 Å². The average Bonchev–Trinajstić information content (AvgIpc) is 2.71. The van der Waals surface area contributed by atoms with Gasteiger partial charge in [0, 0.05) is 11.9 Å². The van der Waals surface area contributed by atoms with Crippen LogP contribution in [0.15, 0.2) is 25.4 Å². The summed E-state index contributed by atoms with van der Waals surface area (Å²) in [6.07, 6.45) is 3.71. The molecule has 1 aromatic rings. The van der Waals surface area contributed by atoms with Crippen molar-refractivity contribution in [1.29, 1.82) is 0 Å². The van der Waals surface area contributed by atoms with Crippen molar-refractivity contribution >= 4 is 11.6 Å². The van der Waals surface area contributed by atoms with Crippen molar-refractivity contribution in [3.8, 4) is 0 Å². The molecule has 0 spiro atoms. The zero-order chi connectivity index (χ0) is 11.6. The van der Waals surface area contributed by atoms with Crippen LogP contribution in [0.1, 0.15) is 45.9 Å². The van der Waals surface area contributed by atoms with Gasteiger partial charge in [-0.25, -0.2) is 0 Å². The third kappa shape index (κ3) is 4.70. The molecule has 0 fully saturated rings. The van der Waals surface area contributed by atoms with E-state index < -0.39 is 0 Å². The molecule has 0 aliphatic rings. The first-order valence-corrected chi connectivity index (χ1v) is 5.21. The van der Waals surface area contributed by atoms with E-state index in [9.17, 15) is 0 Å². The second kappa shape index (κ2) is 9.85. The largest absolute Gasteiger partial charge is 0.361 e. The van der Waals surface area contributed by atoms with E-state index in [4.69, 9.17) is 0 Å². The highest BCUT2D eigenvalue weighted by Gasteiger charge is 1.98. The highest BCUT2D eigenvalue weighted by Crippen LogP contribution is 2.15. The third-order valence-electron chi connectivity index (χ3n) is 1.43. The summed E-state index contributed by atoms with van der Waals surface area (Å²) in [7, 11) is 0. The maximum absolute atomic E-state index is 3.83. The number of aromatic amines is 1. The Kier molecular flexibility index (Phi) is 10.7. The zero-order valence-corrected chi connectivity index (χ0v) is 10.1. The van der Waals surface area contributed by atoms with Crippen molar-refractivity contribution < 1.29 is 0 Å². The molecule has 0 aliphatic heterocycles. The van der Waals surface area contributed by atoms with Gasteiger partial charge in [-0.3, -0.25) is 0 Å². The van der Waals surface area contributed by atoms with E-state index in [1.807, 2.05) is 53.0 Å². The molecule has 0 aromatic carbocycles. The lowest BCUT2D eigenvalue weighted by Gasteiger charge is -1.95. The molecule has 0 aliphatic carbocycles. The third-order valence-corrected chi connectivity index (χ3v) is 1.43. The van der Waals surface area contributed by atoms with Crippen molar-refractivity contribution in [3.05, 3.63) is 36.7 Å². The average molecular weight is 193 g/mol. The number of hydrogen-bond donors (Lipinski definition) is 1. The van der Waals surface area contributed by atoms with Crippen LogP contribution >= 0.6 is 0 Å². The molecule has 1 heterocycles. The highest BCUT2D eigenvalue weighted by molar-refractivity contribution is 5.68. The van der Waals surface area contributed by atoms with Crippen LogP contribution in [0.2, 0.25) is 0 Å². The minimum Gasteiger partial charge on any atom is -0.361 e. The number of H-pyrrole nitrogens is 1. The fourth-order valence-corrected chi connectivity index (χ4v) is 0.921. The fraction of sp³-hybridized carbons (Fsp3) is 0.385. The number of allylic oxidation sites excluding steroid dienone is 1. The topological polar surface area (TPSA) is 15.8 Å². The van der Waals surface area contributed by atoms with Gasteiger partial charge in [0.15, 0.2) is 0 Å². The van der Waals surface area contributed by atoms with Crippen LogP contribution < -0.4 is 0 Å². The predicted octanol–water partition coefficient (Wildman–Crippen LogP) is 4.74. The van der Waals surface area contributed by atoms with Gasteiger partial charge in [-0.2, -0.15) is 0 Å². The molecular weight excluding hydrogens is 170 g/mol. The summed E-state index contributed by atoms with van der Waals surface area (Å²) in [5.74, 6) is 0. The molecule has 0 unspecified atom stereocenters. The van der Waals surface area contributed by atoms with Gasteiger partial charge in [0.2, 0.25) is 0 Å². The van der Waals surface area contributed by atoms with Gasteiger partial charge in [-0.15, -0.1) is 0 Å². The summed E-state index contributed by atoms with van der Waals surface area (Å²) in [6, 6.07) is 1.98. The Morgan fingerprint density at radius 2 is 1.79 bits per heavy atom. The quantitative estimate of drug-likeness (QED) is 0.698. The summed E-state index contributed by atoms with van der Waals surface area (Å²) in [6.45, 7) is 17.5. The van der Waals surface area contributed by atoms with Gasteiger partial charge < -0.3 is 4.98 Å². The molecule has 0 bridgehead atoms. The smallest absolute Gasteiger partial charge is 0.0477 e. The maximum Gasteiger partial charge on any atom is 0.0477 e. The maximum atomic E-state index is 3.83. The van der Waals surface area contributed by atoms with Crippen molar-refractivity contribution in [2.75, 3.05) is 0 Å². The molecule has 0 atom stereocenters. The van der Waals surface area contributed by atoms with Gasteiger partial charge in [0.05, 0.1) is 0 Å². The lowest BCUT2D eigenvalue weighted by Crippen LogP contribution is -1.79. The number of rotatable bonds is 2. The van der Waals surface area contributed by atoms with Crippen LogP contribution in [-0.2, 0) is 0 Å². The fourth-order valence-electron chi connectivity index (χ4n) is 0.921. The summed E-state index contributed by atoms with van der Waals surface area (Å²) in [4.78, 5) is 3.09. The molecule has 0 saturated heterocycles.